The molecule has 180 valence electrons. The number of benzene rings is 2. The van der Waals surface area contributed by atoms with Crippen LogP contribution in [0.2, 0.25) is 0 Å². The molecule has 2 aromatic carbocycles. The average molecular weight is 539 g/mol. The number of rotatable bonds is 9. The van der Waals surface area contributed by atoms with Crippen molar-refractivity contribution in [1.29, 1.82) is 0 Å². The van der Waals surface area contributed by atoms with Crippen LogP contribution >= 0.6 is 15.9 Å². The minimum Gasteiger partial charge on any atom is -0.352 e. The molecule has 0 aliphatic carbocycles. The fourth-order valence-electron chi connectivity index (χ4n) is 3.40. The highest BCUT2D eigenvalue weighted by Crippen LogP contribution is 2.25. The van der Waals surface area contributed by atoms with E-state index in [1.807, 2.05) is 57.2 Å². The summed E-state index contributed by atoms with van der Waals surface area (Å²) in [5, 5.41) is 2.83. The van der Waals surface area contributed by atoms with Crippen molar-refractivity contribution in [2.24, 2.45) is 0 Å². The van der Waals surface area contributed by atoms with E-state index >= 15 is 0 Å². The molecule has 0 fully saturated rings. The summed E-state index contributed by atoms with van der Waals surface area (Å²) in [6.07, 6.45) is 1.08. The van der Waals surface area contributed by atoms with Crippen LogP contribution < -0.4 is 9.62 Å². The van der Waals surface area contributed by atoms with E-state index in [1.54, 1.807) is 19.9 Å². The van der Waals surface area contributed by atoms with Crippen LogP contribution in [0.25, 0.3) is 0 Å². The molecule has 0 bridgehead atoms. The van der Waals surface area contributed by atoms with Crippen molar-refractivity contribution >= 4 is 43.5 Å². The Bertz CT molecular complexity index is 1120. The van der Waals surface area contributed by atoms with E-state index in [2.05, 4.69) is 21.2 Å². The van der Waals surface area contributed by atoms with Gasteiger partial charge in [0.15, 0.2) is 0 Å². The Hall–Kier alpha value is -2.39. The number of sulfonamides is 1. The first kappa shape index (κ1) is 26.9. The maximum atomic E-state index is 13.5. The van der Waals surface area contributed by atoms with E-state index in [9.17, 15) is 18.0 Å². The number of anilines is 1. The number of hydrogen-bond donors (Lipinski definition) is 1. The van der Waals surface area contributed by atoms with Gasteiger partial charge in [0.25, 0.3) is 0 Å². The molecule has 1 N–H and O–H groups in total. The Morgan fingerprint density at radius 3 is 2.30 bits per heavy atom. The van der Waals surface area contributed by atoms with E-state index in [1.165, 1.54) is 4.90 Å². The quantitative estimate of drug-likeness (QED) is 0.527. The first-order valence-electron chi connectivity index (χ1n) is 10.7. The largest absolute Gasteiger partial charge is 0.352 e. The molecule has 0 saturated carbocycles. The highest BCUT2D eigenvalue weighted by molar-refractivity contribution is 9.10. The van der Waals surface area contributed by atoms with Gasteiger partial charge in [-0.05, 0) is 69.5 Å². The minimum atomic E-state index is -3.75. The third-order valence-electron chi connectivity index (χ3n) is 5.15. The second-order valence-electron chi connectivity index (χ2n) is 8.55. The van der Waals surface area contributed by atoms with Crippen molar-refractivity contribution < 1.29 is 18.0 Å². The zero-order valence-electron chi connectivity index (χ0n) is 19.9. The molecule has 1 atom stereocenters. The van der Waals surface area contributed by atoms with Crippen LogP contribution in [0.1, 0.15) is 37.5 Å². The van der Waals surface area contributed by atoms with Crippen LogP contribution in [-0.2, 0) is 26.2 Å². The Morgan fingerprint density at radius 2 is 1.73 bits per heavy atom. The summed E-state index contributed by atoms with van der Waals surface area (Å²) in [7, 11) is -3.75. The van der Waals surface area contributed by atoms with Crippen molar-refractivity contribution in [3.05, 3.63) is 63.6 Å². The van der Waals surface area contributed by atoms with Crippen LogP contribution in [0.5, 0.6) is 0 Å². The standard InChI is InChI=1S/C24H32BrN3O4S/c1-16(2)26-24(30)19(5)27(14-20-8-7-9-21(25)13-20)23(29)15-28(33(6,31)32)22-12-17(3)10-11-18(22)4/h7-13,16,19H,14-15H2,1-6H3,(H,26,30)/t19-/m0/s1. The highest BCUT2D eigenvalue weighted by atomic mass is 79.9. The molecule has 9 heteroatoms. The molecule has 0 aromatic heterocycles. The Morgan fingerprint density at radius 1 is 1.06 bits per heavy atom. The molecular weight excluding hydrogens is 506 g/mol. The van der Waals surface area contributed by atoms with Crippen LogP contribution in [0.15, 0.2) is 46.9 Å². The summed E-state index contributed by atoms with van der Waals surface area (Å²) in [5.74, 6) is -0.765. The number of nitrogens with zero attached hydrogens (tertiary/aromatic N) is 2. The number of carbonyl (C=O) groups is 2. The van der Waals surface area contributed by atoms with Crippen LogP contribution in [-0.4, -0.2) is 50.0 Å². The predicted molar refractivity (Wildman–Crippen MR) is 136 cm³/mol. The van der Waals surface area contributed by atoms with Gasteiger partial charge >= 0.3 is 0 Å². The molecule has 7 nitrogen and oxygen atoms in total. The van der Waals surface area contributed by atoms with E-state index in [4.69, 9.17) is 0 Å². The number of amides is 2. The van der Waals surface area contributed by atoms with Gasteiger partial charge in [0.1, 0.15) is 12.6 Å². The van der Waals surface area contributed by atoms with Gasteiger partial charge in [-0.1, -0.05) is 40.2 Å². The second-order valence-corrected chi connectivity index (χ2v) is 11.4. The van der Waals surface area contributed by atoms with E-state index in [0.29, 0.717) is 5.69 Å². The Balaban J connectivity index is 2.44. The summed E-state index contributed by atoms with van der Waals surface area (Å²) in [4.78, 5) is 27.7. The van der Waals surface area contributed by atoms with Gasteiger partial charge in [0.2, 0.25) is 21.8 Å². The molecule has 0 aliphatic heterocycles. The minimum absolute atomic E-state index is 0.0924. The van der Waals surface area contributed by atoms with Gasteiger partial charge in [-0.3, -0.25) is 13.9 Å². The van der Waals surface area contributed by atoms with Crippen molar-refractivity contribution in [3.8, 4) is 0 Å². The molecule has 0 aliphatic rings. The van der Waals surface area contributed by atoms with Gasteiger partial charge < -0.3 is 10.2 Å². The van der Waals surface area contributed by atoms with Crippen LogP contribution in [0, 0.1) is 13.8 Å². The lowest BCUT2D eigenvalue weighted by atomic mass is 10.1. The van der Waals surface area contributed by atoms with E-state index in [-0.39, 0.29) is 18.5 Å². The topological polar surface area (TPSA) is 86.8 Å². The van der Waals surface area contributed by atoms with E-state index < -0.39 is 28.5 Å². The van der Waals surface area contributed by atoms with E-state index in [0.717, 1.165) is 31.7 Å². The van der Waals surface area contributed by atoms with Crippen molar-refractivity contribution in [3.63, 3.8) is 0 Å². The van der Waals surface area contributed by atoms with Crippen molar-refractivity contribution in [2.75, 3.05) is 17.1 Å². The zero-order chi connectivity index (χ0) is 24.9. The molecule has 0 spiro atoms. The fraction of sp³-hybridized carbons (Fsp3) is 0.417. The zero-order valence-corrected chi connectivity index (χ0v) is 22.3. The SMILES string of the molecule is Cc1ccc(C)c(N(CC(=O)N(Cc2cccc(Br)c2)[C@@H](C)C(=O)NC(C)C)S(C)(=O)=O)c1. The molecule has 0 saturated heterocycles. The number of nitrogens with one attached hydrogen (secondary N) is 1. The third-order valence-corrected chi connectivity index (χ3v) is 6.77. The number of halogens is 1. The molecule has 0 heterocycles. The number of carbonyl (C=O) groups excluding carboxylic acids is 2. The van der Waals surface area contributed by atoms with Crippen molar-refractivity contribution in [1.82, 2.24) is 10.2 Å². The monoisotopic (exact) mass is 537 g/mol. The molecular formula is C24H32BrN3O4S. The Kier molecular flexibility index (Phi) is 9.08. The summed E-state index contributed by atoms with van der Waals surface area (Å²) in [6.45, 7) is 8.76. The summed E-state index contributed by atoms with van der Waals surface area (Å²) in [5.41, 5.74) is 2.89. The van der Waals surface area contributed by atoms with Gasteiger partial charge in [-0.2, -0.15) is 0 Å². The summed E-state index contributed by atoms with van der Waals surface area (Å²) < 4.78 is 27.3. The van der Waals surface area contributed by atoms with Crippen molar-refractivity contribution in [2.45, 2.75) is 53.2 Å². The maximum absolute atomic E-state index is 13.5. The van der Waals surface area contributed by atoms with Gasteiger partial charge in [-0.15, -0.1) is 0 Å². The first-order valence-corrected chi connectivity index (χ1v) is 13.3. The van der Waals surface area contributed by atoms with Gasteiger partial charge in [0, 0.05) is 17.1 Å². The lowest BCUT2D eigenvalue weighted by Gasteiger charge is -2.32. The van der Waals surface area contributed by atoms with Crippen LogP contribution in [0.4, 0.5) is 5.69 Å². The summed E-state index contributed by atoms with van der Waals surface area (Å²) >= 11 is 3.43. The summed E-state index contributed by atoms with van der Waals surface area (Å²) in [6, 6.07) is 12.0. The number of aryl methyl sites for hydroxylation is 2. The molecule has 0 unspecified atom stereocenters. The third kappa shape index (κ3) is 7.57. The number of hydrogen-bond acceptors (Lipinski definition) is 4. The normalized spacial score (nSPS) is 12.4. The molecule has 2 amide bonds. The first-order chi connectivity index (χ1) is 15.3. The Labute approximate surface area is 205 Å². The predicted octanol–water partition coefficient (Wildman–Crippen LogP) is 3.77. The highest BCUT2D eigenvalue weighted by Gasteiger charge is 2.30. The molecule has 2 rings (SSSR count). The maximum Gasteiger partial charge on any atom is 0.244 e. The van der Waals surface area contributed by atoms with Gasteiger partial charge in [-0.25, -0.2) is 8.42 Å². The fourth-order valence-corrected chi connectivity index (χ4v) is 4.75. The molecule has 2 aromatic rings. The molecule has 33 heavy (non-hydrogen) atoms. The lowest BCUT2D eigenvalue weighted by molar-refractivity contribution is -0.139. The lowest BCUT2D eigenvalue weighted by Crippen LogP contribution is -2.52. The molecule has 0 radical (unpaired) electrons. The smallest absolute Gasteiger partial charge is 0.244 e. The average Bonchev–Trinajstić information content (AvgIpc) is 2.70. The second kappa shape index (κ2) is 11.2. The van der Waals surface area contributed by atoms with Crippen LogP contribution in [0.3, 0.4) is 0 Å². The van der Waals surface area contributed by atoms with Gasteiger partial charge in [0.05, 0.1) is 11.9 Å².